The standard InChI is InChI=1S/C15H17FN4O3S/c1-11-2-3-12(16)8-14(11)24(21,22)19-13-9-17-15(18-10-13)20-4-6-23-7-5-20/h2-3,8-10,19H,4-7H2,1H3. The molecule has 1 aliphatic rings. The van der Waals surface area contributed by atoms with Crippen molar-refractivity contribution in [3.63, 3.8) is 0 Å². The second-order valence-corrected chi connectivity index (χ2v) is 7.04. The van der Waals surface area contributed by atoms with Crippen molar-refractivity contribution in [3.05, 3.63) is 42.0 Å². The summed E-state index contributed by atoms with van der Waals surface area (Å²) < 4.78 is 45.8. The third-order valence-corrected chi connectivity index (χ3v) is 5.15. The van der Waals surface area contributed by atoms with E-state index in [9.17, 15) is 12.8 Å². The molecule has 24 heavy (non-hydrogen) atoms. The molecule has 7 nitrogen and oxygen atoms in total. The molecular formula is C15H17FN4O3S. The zero-order valence-corrected chi connectivity index (χ0v) is 13.9. The first kappa shape index (κ1) is 16.6. The van der Waals surface area contributed by atoms with Crippen molar-refractivity contribution in [2.24, 2.45) is 0 Å². The SMILES string of the molecule is Cc1ccc(F)cc1S(=O)(=O)Nc1cnc(N2CCOCC2)nc1. The van der Waals surface area contributed by atoms with Gasteiger partial charge < -0.3 is 9.64 Å². The molecule has 0 spiro atoms. The third-order valence-electron chi connectivity index (χ3n) is 3.62. The molecule has 0 aliphatic carbocycles. The molecule has 128 valence electrons. The minimum absolute atomic E-state index is 0.111. The molecule has 1 N–H and O–H groups in total. The van der Waals surface area contributed by atoms with Crippen LogP contribution in [0.5, 0.6) is 0 Å². The van der Waals surface area contributed by atoms with Crippen LogP contribution in [0.15, 0.2) is 35.5 Å². The van der Waals surface area contributed by atoms with E-state index in [1.165, 1.54) is 24.5 Å². The van der Waals surface area contributed by atoms with Crippen LogP contribution < -0.4 is 9.62 Å². The van der Waals surface area contributed by atoms with Gasteiger partial charge >= 0.3 is 0 Å². The first-order chi connectivity index (χ1) is 11.5. The van der Waals surface area contributed by atoms with Crippen LogP contribution in [0, 0.1) is 12.7 Å². The lowest BCUT2D eigenvalue weighted by atomic mass is 10.2. The number of aryl methyl sites for hydroxylation is 1. The van der Waals surface area contributed by atoms with Crippen LogP contribution in [0.1, 0.15) is 5.56 Å². The van der Waals surface area contributed by atoms with Gasteiger partial charge in [0, 0.05) is 13.1 Å². The van der Waals surface area contributed by atoms with Crippen LogP contribution in [-0.4, -0.2) is 44.7 Å². The Morgan fingerprint density at radius 3 is 2.54 bits per heavy atom. The monoisotopic (exact) mass is 352 g/mol. The Hall–Kier alpha value is -2.26. The molecule has 3 rings (SSSR count). The fourth-order valence-electron chi connectivity index (χ4n) is 2.37. The Morgan fingerprint density at radius 2 is 1.88 bits per heavy atom. The number of hydrogen-bond donors (Lipinski definition) is 1. The van der Waals surface area contributed by atoms with E-state index < -0.39 is 15.8 Å². The van der Waals surface area contributed by atoms with Gasteiger partial charge in [0.1, 0.15) is 5.82 Å². The summed E-state index contributed by atoms with van der Waals surface area (Å²) in [5.41, 5.74) is 0.672. The molecule has 0 amide bonds. The van der Waals surface area contributed by atoms with Gasteiger partial charge in [-0.1, -0.05) is 6.07 Å². The topological polar surface area (TPSA) is 84.4 Å². The minimum atomic E-state index is -3.91. The van der Waals surface area contributed by atoms with E-state index in [1.807, 2.05) is 4.90 Å². The first-order valence-electron chi connectivity index (χ1n) is 7.39. The molecule has 0 bridgehead atoms. The predicted octanol–water partition coefficient (Wildman–Crippen LogP) is 1.56. The van der Waals surface area contributed by atoms with Crippen molar-refractivity contribution >= 4 is 21.7 Å². The summed E-state index contributed by atoms with van der Waals surface area (Å²) in [4.78, 5) is 10.2. The van der Waals surface area contributed by atoms with Crippen molar-refractivity contribution in [1.29, 1.82) is 0 Å². The molecule has 1 aliphatic heterocycles. The van der Waals surface area contributed by atoms with Crippen molar-refractivity contribution in [1.82, 2.24) is 9.97 Å². The number of morpholine rings is 1. The lowest BCUT2D eigenvalue weighted by Crippen LogP contribution is -2.37. The van der Waals surface area contributed by atoms with Gasteiger partial charge in [-0.15, -0.1) is 0 Å². The normalized spacial score (nSPS) is 15.3. The molecule has 1 saturated heterocycles. The highest BCUT2D eigenvalue weighted by molar-refractivity contribution is 7.92. The van der Waals surface area contributed by atoms with Gasteiger partial charge in [-0.2, -0.15) is 0 Å². The van der Waals surface area contributed by atoms with Gasteiger partial charge in [0.05, 0.1) is 36.2 Å². The summed E-state index contributed by atoms with van der Waals surface area (Å²) in [7, 11) is -3.91. The summed E-state index contributed by atoms with van der Waals surface area (Å²) in [5, 5.41) is 0. The Balaban J connectivity index is 1.78. The summed E-state index contributed by atoms with van der Waals surface area (Å²) in [6.45, 7) is 4.19. The zero-order valence-electron chi connectivity index (χ0n) is 13.1. The molecule has 0 radical (unpaired) electrons. The third kappa shape index (κ3) is 3.62. The number of nitrogens with zero attached hydrogens (tertiary/aromatic N) is 3. The second-order valence-electron chi connectivity index (χ2n) is 5.39. The van der Waals surface area contributed by atoms with Gasteiger partial charge in [-0.25, -0.2) is 22.8 Å². The molecule has 1 aromatic heterocycles. The van der Waals surface area contributed by atoms with Crippen molar-refractivity contribution < 1.29 is 17.5 Å². The lowest BCUT2D eigenvalue weighted by molar-refractivity contribution is 0.122. The minimum Gasteiger partial charge on any atom is -0.378 e. The first-order valence-corrected chi connectivity index (χ1v) is 8.88. The van der Waals surface area contributed by atoms with E-state index in [1.54, 1.807) is 6.92 Å². The smallest absolute Gasteiger partial charge is 0.262 e. The van der Waals surface area contributed by atoms with Gasteiger partial charge in [0.25, 0.3) is 10.0 Å². The maximum atomic E-state index is 13.3. The molecule has 2 aromatic rings. The Bertz CT molecular complexity index is 821. The average molecular weight is 352 g/mol. The number of halogens is 1. The molecule has 1 fully saturated rings. The molecular weight excluding hydrogens is 335 g/mol. The van der Waals surface area contributed by atoms with E-state index in [4.69, 9.17) is 4.74 Å². The largest absolute Gasteiger partial charge is 0.378 e. The summed E-state index contributed by atoms with van der Waals surface area (Å²) in [6.07, 6.45) is 2.79. The number of aromatic nitrogens is 2. The van der Waals surface area contributed by atoms with E-state index in [0.29, 0.717) is 37.8 Å². The number of hydrogen-bond acceptors (Lipinski definition) is 6. The maximum absolute atomic E-state index is 13.3. The Morgan fingerprint density at radius 1 is 1.21 bits per heavy atom. The molecule has 2 heterocycles. The molecule has 0 saturated carbocycles. The van der Waals surface area contributed by atoms with Crippen LogP contribution in [0.3, 0.4) is 0 Å². The molecule has 9 heteroatoms. The van der Waals surface area contributed by atoms with Crippen LogP contribution in [0.4, 0.5) is 16.0 Å². The van der Waals surface area contributed by atoms with Crippen LogP contribution >= 0.6 is 0 Å². The fraction of sp³-hybridized carbons (Fsp3) is 0.333. The average Bonchev–Trinajstić information content (AvgIpc) is 2.58. The summed E-state index contributed by atoms with van der Waals surface area (Å²) in [6, 6.07) is 3.62. The number of sulfonamides is 1. The number of ether oxygens (including phenoxy) is 1. The van der Waals surface area contributed by atoms with Crippen molar-refractivity contribution in [3.8, 4) is 0 Å². The molecule has 1 aromatic carbocycles. The lowest BCUT2D eigenvalue weighted by Gasteiger charge is -2.26. The van der Waals surface area contributed by atoms with Crippen molar-refractivity contribution in [2.75, 3.05) is 35.9 Å². The number of benzene rings is 1. The van der Waals surface area contributed by atoms with E-state index >= 15 is 0 Å². The highest BCUT2D eigenvalue weighted by Gasteiger charge is 2.19. The van der Waals surface area contributed by atoms with Crippen LogP contribution in [0.25, 0.3) is 0 Å². The fourth-order valence-corrected chi connectivity index (χ4v) is 3.66. The van der Waals surface area contributed by atoms with Gasteiger partial charge in [0.2, 0.25) is 5.95 Å². The summed E-state index contributed by atoms with van der Waals surface area (Å²) in [5.74, 6) is -0.0944. The van der Waals surface area contributed by atoms with E-state index in [2.05, 4.69) is 14.7 Å². The highest BCUT2D eigenvalue weighted by atomic mass is 32.2. The van der Waals surface area contributed by atoms with Crippen molar-refractivity contribution in [2.45, 2.75) is 11.8 Å². The van der Waals surface area contributed by atoms with E-state index in [-0.39, 0.29) is 10.6 Å². The summed E-state index contributed by atoms with van der Waals surface area (Å²) >= 11 is 0. The predicted molar refractivity (Wildman–Crippen MR) is 87.0 cm³/mol. The quantitative estimate of drug-likeness (QED) is 0.899. The number of anilines is 2. The molecule has 0 atom stereocenters. The van der Waals surface area contributed by atoms with Gasteiger partial charge in [-0.3, -0.25) is 4.72 Å². The van der Waals surface area contributed by atoms with E-state index in [0.717, 1.165) is 6.07 Å². The van der Waals surface area contributed by atoms with Gasteiger partial charge in [-0.05, 0) is 24.6 Å². The Kier molecular flexibility index (Phi) is 4.63. The zero-order chi connectivity index (χ0) is 17.2. The molecule has 0 unspecified atom stereocenters. The maximum Gasteiger partial charge on any atom is 0.262 e. The van der Waals surface area contributed by atoms with Gasteiger partial charge in [0.15, 0.2) is 0 Å². The second kappa shape index (κ2) is 6.70. The van der Waals surface area contributed by atoms with Crippen LogP contribution in [-0.2, 0) is 14.8 Å². The van der Waals surface area contributed by atoms with Crippen LogP contribution in [0.2, 0.25) is 0 Å². The highest BCUT2D eigenvalue weighted by Crippen LogP contribution is 2.20. The number of rotatable bonds is 4. The Labute approximate surface area is 139 Å². The number of nitrogens with one attached hydrogen (secondary N) is 1.